The molecular weight excluding hydrogens is 271 g/mol. The quantitative estimate of drug-likeness (QED) is 0.870. The Labute approximate surface area is 124 Å². The lowest BCUT2D eigenvalue weighted by atomic mass is 9.78. The molecule has 1 aromatic rings. The number of hydrogen-bond acceptors (Lipinski definition) is 3. The van der Waals surface area contributed by atoms with Gasteiger partial charge in [0.25, 0.3) is 0 Å². The summed E-state index contributed by atoms with van der Waals surface area (Å²) in [5.41, 5.74) is 0.740. The molecule has 3 nitrogen and oxygen atoms in total. The Bertz CT molecular complexity index is 510. The van der Waals surface area contributed by atoms with Crippen molar-refractivity contribution in [1.82, 2.24) is 0 Å². The third-order valence-electron chi connectivity index (χ3n) is 5.12. The summed E-state index contributed by atoms with van der Waals surface area (Å²) in [6.07, 6.45) is 0.820. The van der Waals surface area contributed by atoms with Crippen LogP contribution in [0.15, 0.2) is 24.3 Å². The van der Waals surface area contributed by atoms with E-state index >= 15 is 0 Å². The van der Waals surface area contributed by atoms with Crippen LogP contribution < -0.4 is 0 Å². The van der Waals surface area contributed by atoms with Crippen LogP contribution in [0.3, 0.4) is 0 Å². The fourth-order valence-corrected chi connectivity index (χ4v) is 4.03. The van der Waals surface area contributed by atoms with E-state index in [-0.39, 0.29) is 18.4 Å². The van der Waals surface area contributed by atoms with Gasteiger partial charge >= 0.3 is 5.97 Å². The number of esters is 1. The van der Waals surface area contributed by atoms with Gasteiger partial charge in [0.1, 0.15) is 5.60 Å². The highest BCUT2D eigenvalue weighted by Gasteiger charge is 2.58. The lowest BCUT2D eigenvalue weighted by molar-refractivity contribution is -0.168. The zero-order chi connectivity index (χ0) is 15.0. The fraction of sp³-hybridized carbons (Fsp3) is 0.588. The van der Waals surface area contributed by atoms with Gasteiger partial charge < -0.3 is 9.84 Å². The van der Waals surface area contributed by atoms with Gasteiger partial charge in [0.05, 0.1) is 6.61 Å². The highest BCUT2D eigenvalue weighted by molar-refractivity contribution is 5.76. The average Bonchev–Trinajstić information content (AvgIpc) is 2.70. The maximum absolute atomic E-state index is 14.7. The molecule has 0 saturated heterocycles. The van der Waals surface area contributed by atoms with Gasteiger partial charge in [0.15, 0.2) is 0 Å². The Morgan fingerprint density at radius 2 is 1.86 bits per heavy atom. The number of alkyl halides is 1. The summed E-state index contributed by atoms with van der Waals surface area (Å²) in [6, 6.07) is 8.01. The first kappa shape index (κ1) is 14.5. The van der Waals surface area contributed by atoms with Gasteiger partial charge in [-0.1, -0.05) is 24.3 Å². The number of ether oxygens (including phenoxy) is 1. The summed E-state index contributed by atoms with van der Waals surface area (Å²) < 4.78 is 19.5. The molecule has 1 fully saturated rings. The Morgan fingerprint density at radius 1 is 1.33 bits per heavy atom. The maximum atomic E-state index is 14.7. The summed E-state index contributed by atoms with van der Waals surface area (Å²) >= 11 is 0. The molecule has 0 spiro atoms. The first-order valence-electron chi connectivity index (χ1n) is 7.67. The topological polar surface area (TPSA) is 46.5 Å². The van der Waals surface area contributed by atoms with Crippen LogP contribution in [0, 0.1) is 11.8 Å². The van der Waals surface area contributed by atoms with Gasteiger partial charge in [0, 0.05) is 0 Å². The summed E-state index contributed by atoms with van der Waals surface area (Å²) in [5, 5.41) is 11.0. The smallest absolute Gasteiger partial charge is 0.343 e. The van der Waals surface area contributed by atoms with E-state index in [1.165, 1.54) is 11.1 Å². The van der Waals surface area contributed by atoms with Crippen LogP contribution in [0.4, 0.5) is 4.39 Å². The first-order valence-corrected chi connectivity index (χ1v) is 7.67. The monoisotopic (exact) mass is 292 g/mol. The Morgan fingerprint density at radius 3 is 2.33 bits per heavy atom. The summed E-state index contributed by atoms with van der Waals surface area (Å²) in [5.74, 6) is -1.36. The number of carbonyl (C=O) groups is 1. The summed E-state index contributed by atoms with van der Waals surface area (Å²) in [7, 11) is 0. The van der Waals surface area contributed by atoms with Gasteiger partial charge in [0.2, 0.25) is 6.17 Å². The molecular formula is C17H21FO3. The third kappa shape index (κ3) is 2.26. The van der Waals surface area contributed by atoms with Crippen LogP contribution in [0.2, 0.25) is 0 Å². The molecule has 0 amide bonds. The van der Waals surface area contributed by atoms with Gasteiger partial charge in [-0.15, -0.1) is 0 Å². The van der Waals surface area contributed by atoms with Crippen LogP contribution in [-0.4, -0.2) is 29.5 Å². The molecule has 21 heavy (non-hydrogen) atoms. The molecule has 0 aromatic heterocycles. The average molecular weight is 292 g/mol. The van der Waals surface area contributed by atoms with Crippen LogP contribution in [-0.2, 0) is 22.4 Å². The Kier molecular flexibility index (Phi) is 3.74. The number of carbonyl (C=O) groups excluding carboxylic acids is 1. The number of aliphatic hydroxyl groups is 1. The molecule has 3 unspecified atom stereocenters. The number of halogens is 1. The van der Waals surface area contributed by atoms with E-state index in [4.69, 9.17) is 4.74 Å². The second-order valence-corrected chi connectivity index (χ2v) is 6.15. The highest BCUT2D eigenvalue weighted by atomic mass is 19.1. The number of hydrogen-bond donors (Lipinski definition) is 1. The zero-order valence-corrected chi connectivity index (χ0v) is 12.2. The third-order valence-corrected chi connectivity index (χ3v) is 5.12. The van der Waals surface area contributed by atoms with E-state index in [0.717, 1.165) is 12.8 Å². The van der Waals surface area contributed by atoms with Crippen molar-refractivity contribution in [2.75, 3.05) is 6.61 Å². The van der Waals surface area contributed by atoms with Crippen molar-refractivity contribution in [3.05, 3.63) is 35.4 Å². The van der Waals surface area contributed by atoms with Crippen molar-refractivity contribution in [1.29, 1.82) is 0 Å². The van der Waals surface area contributed by atoms with Crippen molar-refractivity contribution >= 4 is 5.97 Å². The van der Waals surface area contributed by atoms with E-state index in [1.807, 2.05) is 24.3 Å². The second kappa shape index (κ2) is 5.41. The minimum Gasteiger partial charge on any atom is -0.464 e. The molecule has 3 rings (SSSR count). The fourth-order valence-electron chi connectivity index (χ4n) is 4.03. The van der Waals surface area contributed by atoms with Gasteiger partial charge in [-0.05, 0) is 55.6 Å². The highest BCUT2D eigenvalue weighted by Crippen LogP contribution is 2.49. The summed E-state index contributed by atoms with van der Waals surface area (Å²) in [6.45, 7) is 1.77. The van der Waals surface area contributed by atoms with E-state index in [1.54, 1.807) is 6.92 Å². The van der Waals surface area contributed by atoms with Crippen molar-refractivity contribution in [3.63, 3.8) is 0 Å². The molecule has 0 radical (unpaired) electrons. The SMILES string of the molecule is CCOC(=O)C(F)C1(O)C2CCC1Cc1ccccc1C2. The minimum atomic E-state index is -1.95. The second-order valence-electron chi connectivity index (χ2n) is 6.15. The van der Waals surface area contributed by atoms with Gasteiger partial charge in [-0.2, -0.15) is 0 Å². The molecule has 4 heteroatoms. The predicted octanol–water partition coefficient (Wildman–Crippen LogP) is 2.44. The van der Waals surface area contributed by atoms with Crippen LogP contribution in [0.1, 0.15) is 30.9 Å². The van der Waals surface area contributed by atoms with Crippen molar-refractivity contribution in [2.24, 2.45) is 11.8 Å². The molecule has 1 saturated carbocycles. The number of rotatable bonds is 3. The van der Waals surface area contributed by atoms with Crippen molar-refractivity contribution in [2.45, 2.75) is 44.4 Å². The van der Waals surface area contributed by atoms with E-state index in [9.17, 15) is 14.3 Å². The Balaban J connectivity index is 1.93. The molecule has 3 atom stereocenters. The van der Waals surface area contributed by atoms with Crippen molar-refractivity contribution < 1.29 is 19.0 Å². The predicted molar refractivity (Wildman–Crippen MR) is 76.5 cm³/mol. The normalized spacial score (nSPS) is 32.1. The molecule has 2 aliphatic carbocycles. The number of fused-ring (bicyclic) bond motifs is 3. The largest absolute Gasteiger partial charge is 0.464 e. The van der Waals surface area contributed by atoms with Gasteiger partial charge in [-0.3, -0.25) is 0 Å². The molecule has 1 N–H and O–H groups in total. The van der Waals surface area contributed by atoms with E-state index < -0.39 is 17.7 Å². The molecule has 2 aliphatic rings. The van der Waals surface area contributed by atoms with Gasteiger partial charge in [-0.25, -0.2) is 9.18 Å². The van der Waals surface area contributed by atoms with Crippen LogP contribution >= 0.6 is 0 Å². The lowest BCUT2D eigenvalue weighted by Crippen LogP contribution is -2.52. The number of benzene rings is 1. The molecule has 114 valence electrons. The molecule has 2 bridgehead atoms. The molecule has 0 heterocycles. The molecule has 1 aromatic carbocycles. The zero-order valence-electron chi connectivity index (χ0n) is 12.2. The van der Waals surface area contributed by atoms with Crippen LogP contribution in [0.25, 0.3) is 0 Å². The van der Waals surface area contributed by atoms with Crippen molar-refractivity contribution in [3.8, 4) is 0 Å². The standard InChI is InChI=1S/C17H21FO3/c1-2-21-16(19)15(18)17(20)13-7-8-14(17)10-12-6-4-3-5-11(12)9-13/h3-6,13-15,20H,2,7-10H2,1H3. The maximum Gasteiger partial charge on any atom is 0.343 e. The first-order chi connectivity index (χ1) is 10.1. The lowest BCUT2D eigenvalue weighted by Gasteiger charge is -2.35. The van der Waals surface area contributed by atoms with E-state index in [2.05, 4.69) is 0 Å². The molecule has 0 aliphatic heterocycles. The minimum absolute atomic E-state index is 0.130. The van der Waals surface area contributed by atoms with E-state index in [0.29, 0.717) is 12.8 Å². The Hall–Kier alpha value is -1.42. The summed E-state index contributed by atoms with van der Waals surface area (Å²) in [4.78, 5) is 11.8. The van der Waals surface area contributed by atoms with Crippen LogP contribution in [0.5, 0.6) is 0 Å².